The summed E-state index contributed by atoms with van der Waals surface area (Å²) < 4.78 is 0. The Kier molecular flexibility index (Phi) is 5.49. The summed E-state index contributed by atoms with van der Waals surface area (Å²) in [5.41, 5.74) is 1.28. The van der Waals surface area contributed by atoms with Gasteiger partial charge in [-0.15, -0.1) is 0 Å². The van der Waals surface area contributed by atoms with Gasteiger partial charge in [-0.1, -0.05) is 48.0 Å². The average Bonchev–Trinajstić information content (AvgIpc) is 2.52. The van der Waals surface area contributed by atoms with Crippen LogP contribution in [0.15, 0.2) is 48.5 Å². The van der Waals surface area contributed by atoms with Gasteiger partial charge in [0, 0.05) is 34.8 Å². The number of nitrogens with one attached hydrogen (secondary N) is 1. The van der Waals surface area contributed by atoms with Crippen molar-refractivity contribution in [1.29, 1.82) is 0 Å². The van der Waals surface area contributed by atoms with E-state index in [-0.39, 0.29) is 18.3 Å². The molecule has 0 aliphatic heterocycles. The van der Waals surface area contributed by atoms with Crippen molar-refractivity contribution in [2.45, 2.75) is 19.1 Å². The van der Waals surface area contributed by atoms with Crippen LogP contribution in [-0.4, -0.2) is 16.6 Å². The SMILES string of the molecule is CC(NCC(O)c1ccccc1Cl)c1ccccc1[N+](=O)[O-]. The fraction of sp³-hybridized carbons (Fsp3) is 0.250. The summed E-state index contributed by atoms with van der Waals surface area (Å²) in [6, 6.07) is 13.4. The number of halogens is 1. The number of nitro benzene ring substituents is 1. The van der Waals surface area contributed by atoms with E-state index in [9.17, 15) is 15.2 Å². The van der Waals surface area contributed by atoms with Crippen LogP contribution in [0.3, 0.4) is 0 Å². The third-order valence-electron chi connectivity index (χ3n) is 3.48. The van der Waals surface area contributed by atoms with Crippen LogP contribution in [0.5, 0.6) is 0 Å². The van der Waals surface area contributed by atoms with E-state index < -0.39 is 11.0 Å². The highest BCUT2D eigenvalue weighted by Gasteiger charge is 2.19. The van der Waals surface area contributed by atoms with Crippen molar-refractivity contribution in [3.05, 3.63) is 74.8 Å². The molecule has 2 rings (SSSR count). The van der Waals surface area contributed by atoms with Crippen LogP contribution < -0.4 is 5.32 Å². The molecule has 0 saturated carbocycles. The minimum Gasteiger partial charge on any atom is -0.387 e. The summed E-state index contributed by atoms with van der Waals surface area (Å²) in [5, 5.41) is 24.8. The lowest BCUT2D eigenvalue weighted by atomic mass is 10.0. The second-order valence-electron chi connectivity index (χ2n) is 4.98. The molecule has 0 spiro atoms. The van der Waals surface area contributed by atoms with Crippen LogP contribution in [0, 0.1) is 10.1 Å². The van der Waals surface area contributed by atoms with Crippen LogP contribution in [0.1, 0.15) is 30.2 Å². The van der Waals surface area contributed by atoms with E-state index in [0.29, 0.717) is 16.1 Å². The number of aliphatic hydroxyl groups excluding tert-OH is 1. The third kappa shape index (κ3) is 3.82. The van der Waals surface area contributed by atoms with Crippen LogP contribution >= 0.6 is 11.6 Å². The predicted molar refractivity (Wildman–Crippen MR) is 85.9 cm³/mol. The summed E-state index contributed by atoms with van der Waals surface area (Å²) in [4.78, 5) is 10.6. The minimum absolute atomic E-state index is 0.0646. The Labute approximate surface area is 133 Å². The molecular formula is C16H17ClN2O3. The third-order valence-corrected chi connectivity index (χ3v) is 3.83. The van der Waals surface area contributed by atoms with E-state index in [1.165, 1.54) is 6.07 Å². The van der Waals surface area contributed by atoms with Gasteiger partial charge < -0.3 is 10.4 Å². The van der Waals surface area contributed by atoms with Gasteiger partial charge in [0.2, 0.25) is 0 Å². The Hall–Kier alpha value is -1.95. The molecule has 116 valence electrons. The predicted octanol–water partition coefficient (Wildman–Crippen LogP) is 3.63. The zero-order valence-corrected chi connectivity index (χ0v) is 12.8. The van der Waals surface area contributed by atoms with Crippen LogP contribution in [0.4, 0.5) is 5.69 Å². The second kappa shape index (κ2) is 7.35. The first-order valence-electron chi connectivity index (χ1n) is 6.90. The zero-order chi connectivity index (χ0) is 16.1. The lowest BCUT2D eigenvalue weighted by Gasteiger charge is -2.18. The fourth-order valence-corrected chi connectivity index (χ4v) is 2.54. The number of para-hydroxylation sites is 1. The topological polar surface area (TPSA) is 75.4 Å². The largest absolute Gasteiger partial charge is 0.387 e. The van der Waals surface area contributed by atoms with E-state index in [1.807, 2.05) is 6.92 Å². The summed E-state index contributed by atoms with van der Waals surface area (Å²) in [6.07, 6.45) is -0.779. The molecule has 6 heteroatoms. The van der Waals surface area contributed by atoms with E-state index in [1.54, 1.807) is 42.5 Å². The van der Waals surface area contributed by atoms with E-state index >= 15 is 0 Å². The smallest absolute Gasteiger partial charge is 0.274 e. The maximum atomic E-state index is 11.0. The van der Waals surface area contributed by atoms with Gasteiger partial charge in [-0.2, -0.15) is 0 Å². The molecule has 5 nitrogen and oxygen atoms in total. The van der Waals surface area contributed by atoms with Gasteiger partial charge in [-0.05, 0) is 13.0 Å². The standard InChI is InChI=1S/C16H17ClN2O3/c1-11(12-6-3-5-9-15(12)19(21)22)18-10-16(20)13-7-2-4-8-14(13)17/h2-9,11,16,18,20H,10H2,1H3. The maximum Gasteiger partial charge on any atom is 0.274 e. The Balaban J connectivity index is 2.06. The quantitative estimate of drug-likeness (QED) is 0.629. The van der Waals surface area contributed by atoms with Gasteiger partial charge in [0.15, 0.2) is 0 Å². The number of nitro groups is 1. The highest BCUT2D eigenvalue weighted by Crippen LogP contribution is 2.26. The number of benzene rings is 2. The van der Waals surface area contributed by atoms with Crippen molar-refractivity contribution in [2.24, 2.45) is 0 Å². The first-order valence-corrected chi connectivity index (χ1v) is 7.27. The lowest BCUT2D eigenvalue weighted by Crippen LogP contribution is -2.25. The van der Waals surface area contributed by atoms with Gasteiger partial charge in [-0.3, -0.25) is 10.1 Å². The first-order chi connectivity index (χ1) is 10.5. The highest BCUT2D eigenvalue weighted by atomic mass is 35.5. The van der Waals surface area contributed by atoms with Gasteiger partial charge >= 0.3 is 0 Å². The Morgan fingerprint density at radius 1 is 1.18 bits per heavy atom. The van der Waals surface area contributed by atoms with Crippen LogP contribution in [-0.2, 0) is 0 Å². The van der Waals surface area contributed by atoms with Crippen molar-refractivity contribution < 1.29 is 10.0 Å². The molecule has 2 atom stereocenters. The van der Waals surface area contributed by atoms with Crippen molar-refractivity contribution in [2.75, 3.05) is 6.54 Å². The molecule has 0 amide bonds. The second-order valence-corrected chi connectivity index (χ2v) is 5.39. The molecule has 0 radical (unpaired) electrons. The first kappa shape index (κ1) is 16.4. The summed E-state index contributed by atoms with van der Waals surface area (Å²) >= 11 is 6.04. The van der Waals surface area contributed by atoms with Crippen LogP contribution in [0.2, 0.25) is 5.02 Å². The fourth-order valence-electron chi connectivity index (χ4n) is 2.27. The molecule has 0 saturated heterocycles. The lowest BCUT2D eigenvalue weighted by molar-refractivity contribution is -0.385. The Morgan fingerprint density at radius 3 is 2.41 bits per heavy atom. The molecule has 0 aromatic heterocycles. The maximum absolute atomic E-state index is 11.0. The summed E-state index contributed by atoms with van der Waals surface area (Å²) in [5.74, 6) is 0. The average molecular weight is 321 g/mol. The number of hydrogen-bond acceptors (Lipinski definition) is 4. The van der Waals surface area contributed by atoms with E-state index in [4.69, 9.17) is 11.6 Å². The molecule has 2 aromatic carbocycles. The number of aliphatic hydroxyl groups is 1. The summed E-state index contributed by atoms with van der Waals surface area (Å²) in [7, 11) is 0. The molecule has 2 aromatic rings. The molecule has 0 aliphatic carbocycles. The molecule has 2 N–H and O–H groups in total. The molecular weight excluding hydrogens is 304 g/mol. The summed E-state index contributed by atoms with van der Waals surface area (Å²) in [6.45, 7) is 2.07. The minimum atomic E-state index is -0.779. The van der Waals surface area contributed by atoms with Crippen molar-refractivity contribution in [3.63, 3.8) is 0 Å². The highest BCUT2D eigenvalue weighted by molar-refractivity contribution is 6.31. The van der Waals surface area contributed by atoms with Crippen molar-refractivity contribution in [1.82, 2.24) is 5.32 Å². The van der Waals surface area contributed by atoms with Gasteiger partial charge in [0.05, 0.1) is 11.0 Å². The number of nitrogens with zero attached hydrogens (tertiary/aromatic N) is 1. The zero-order valence-electron chi connectivity index (χ0n) is 12.1. The molecule has 2 unspecified atom stereocenters. The van der Waals surface area contributed by atoms with E-state index in [2.05, 4.69) is 5.32 Å². The number of rotatable bonds is 6. The van der Waals surface area contributed by atoms with Gasteiger partial charge in [-0.25, -0.2) is 0 Å². The van der Waals surface area contributed by atoms with Gasteiger partial charge in [0.25, 0.3) is 5.69 Å². The number of hydrogen-bond donors (Lipinski definition) is 2. The monoisotopic (exact) mass is 320 g/mol. The Bertz CT molecular complexity index is 663. The van der Waals surface area contributed by atoms with Crippen LogP contribution in [0.25, 0.3) is 0 Å². The molecule has 0 heterocycles. The van der Waals surface area contributed by atoms with E-state index in [0.717, 1.165) is 0 Å². The van der Waals surface area contributed by atoms with Crippen molar-refractivity contribution >= 4 is 17.3 Å². The molecule has 22 heavy (non-hydrogen) atoms. The molecule has 0 fully saturated rings. The Morgan fingerprint density at radius 2 is 1.77 bits per heavy atom. The molecule has 0 aliphatic rings. The normalized spacial score (nSPS) is 13.6. The molecule has 0 bridgehead atoms. The van der Waals surface area contributed by atoms with Gasteiger partial charge in [0.1, 0.15) is 0 Å². The van der Waals surface area contributed by atoms with Crippen molar-refractivity contribution in [3.8, 4) is 0 Å².